The molecule has 31 heavy (non-hydrogen) atoms. The van der Waals surface area contributed by atoms with Gasteiger partial charge < -0.3 is 4.74 Å². The number of carbonyl (C=O) groups is 4. The van der Waals surface area contributed by atoms with Crippen LogP contribution in [0.4, 0.5) is 5.69 Å². The van der Waals surface area contributed by atoms with Gasteiger partial charge in [-0.05, 0) is 50.1 Å². The van der Waals surface area contributed by atoms with Crippen molar-refractivity contribution in [1.29, 1.82) is 0 Å². The standard InChI is InChI=1S/C24H20BrNO5/c1-14-5-10-19-20(11-14)23(29)26(22(19)28)18-4-2-3-16(12-18)24(30)31-13-21(27)15-6-8-17(25)9-7-15/h2-9,12,19-20H,10-11,13H2,1H3/t19-,20-/m1/s1. The van der Waals surface area contributed by atoms with Gasteiger partial charge in [-0.3, -0.25) is 19.3 Å². The third-order valence-corrected chi connectivity index (χ3v) is 6.19. The molecule has 0 aromatic heterocycles. The second kappa shape index (κ2) is 8.59. The van der Waals surface area contributed by atoms with Gasteiger partial charge >= 0.3 is 5.97 Å². The van der Waals surface area contributed by atoms with Crippen molar-refractivity contribution in [3.8, 4) is 0 Å². The Morgan fingerprint density at radius 3 is 2.48 bits per heavy atom. The van der Waals surface area contributed by atoms with E-state index < -0.39 is 12.6 Å². The number of nitrogens with zero attached hydrogens (tertiary/aromatic N) is 1. The third-order valence-electron chi connectivity index (χ3n) is 5.66. The number of fused-ring (bicyclic) bond motifs is 1. The average molecular weight is 482 g/mol. The molecule has 6 nitrogen and oxygen atoms in total. The van der Waals surface area contributed by atoms with Crippen molar-refractivity contribution in [1.82, 2.24) is 0 Å². The number of hydrogen-bond acceptors (Lipinski definition) is 5. The van der Waals surface area contributed by atoms with Gasteiger partial charge in [0.15, 0.2) is 12.4 Å². The summed E-state index contributed by atoms with van der Waals surface area (Å²) >= 11 is 3.30. The molecule has 0 saturated carbocycles. The van der Waals surface area contributed by atoms with Crippen molar-refractivity contribution in [2.75, 3.05) is 11.5 Å². The van der Waals surface area contributed by atoms with Gasteiger partial charge in [0.1, 0.15) is 0 Å². The molecule has 4 rings (SSSR count). The predicted molar refractivity (Wildman–Crippen MR) is 118 cm³/mol. The molecular formula is C24H20BrNO5. The lowest BCUT2D eigenvalue weighted by Gasteiger charge is -2.18. The first-order valence-electron chi connectivity index (χ1n) is 9.94. The molecule has 2 aliphatic rings. The normalized spacial score (nSPS) is 20.3. The number of ketones is 1. The van der Waals surface area contributed by atoms with Crippen LogP contribution in [0.15, 0.2) is 64.7 Å². The van der Waals surface area contributed by atoms with E-state index in [0.717, 1.165) is 10.0 Å². The number of esters is 1. The Morgan fingerprint density at radius 2 is 1.74 bits per heavy atom. The topological polar surface area (TPSA) is 80.8 Å². The molecule has 0 unspecified atom stereocenters. The molecule has 2 aromatic rings. The Balaban J connectivity index is 1.46. The highest BCUT2D eigenvalue weighted by Crippen LogP contribution is 2.39. The minimum absolute atomic E-state index is 0.172. The smallest absolute Gasteiger partial charge is 0.338 e. The zero-order valence-corrected chi connectivity index (χ0v) is 18.4. The van der Waals surface area contributed by atoms with Crippen molar-refractivity contribution in [2.24, 2.45) is 11.8 Å². The van der Waals surface area contributed by atoms with Crippen molar-refractivity contribution >= 4 is 45.2 Å². The molecule has 2 amide bonds. The van der Waals surface area contributed by atoms with Crippen LogP contribution in [0.25, 0.3) is 0 Å². The number of ether oxygens (including phenoxy) is 1. The van der Waals surface area contributed by atoms with Gasteiger partial charge in [-0.25, -0.2) is 4.79 Å². The minimum atomic E-state index is -0.693. The van der Waals surface area contributed by atoms with E-state index in [-0.39, 0.29) is 35.0 Å². The molecule has 1 fully saturated rings. The summed E-state index contributed by atoms with van der Waals surface area (Å²) in [5.41, 5.74) is 2.06. The van der Waals surface area contributed by atoms with Crippen LogP contribution in [0.3, 0.4) is 0 Å². The molecule has 1 aliphatic heterocycles. The van der Waals surface area contributed by atoms with Crippen molar-refractivity contribution < 1.29 is 23.9 Å². The van der Waals surface area contributed by atoms with Crippen molar-refractivity contribution in [2.45, 2.75) is 19.8 Å². The van der Waals surface area contributed by atoms with E-state index in [1.54, 1.807) is 36.4 Å². The number of hydrogen-bond donors (Lipinski definition) is 0. The quantitative estimate of drug-likeness (QED) is 0.274. The number of halogens is 1. The van der Waals surface area contributed by atoms with E-state index in [1.165, 1.54) is 17.0 Å². The van der Waals surface area contributed by atoms with E-state index in [0.29, 0.717) is 24.1 Å². The Hall–Kier alpha value is -3.06. The first-order chi connectivity index (χ1) is 14.8. The van der Waals surface area contributed by atoms with Crippen LogP contribution in [0, 0.1) is 11.8 Å². The Morgan fingerprint density at radius 1 is 1.03 bits per heavy atom. The highest BCUT2D eigenvalue weighted by Gasteiger charge is 2.48. The van der Waals surface area contributed by atoms with E-state index in [2.05, 4.69) is 15.9 Å². The molecule has 2 aromatic carbocycles. The molecule has 0 spiro atoms. The fraction of sp³-hybridized carbons (Fsp3) is 0.250. The zero-order valence-electron chi connectivity index (χ0n) is 16.8. The van der Waals surface area contributed by atoms with Gasteiger partial charge in [-0.1, -0.05) is 45.8 Å². The Labute approximate surface area is 188 Å². The summed E-state index contributed by atoms with van der Waals surface area (Å²) in [6.45, 7) is 1.56. The fourth-order valence-corrected chi connectivity index (χ4v) is 4.26. The van der Waals surface area contributed by atoms with E-state index >= 15 is 0 Å². The molecule has 0 N–H and O–H groups in total. The first kappa shape index (κ1) is 21.2. The molecular weight excluding hydrogens is 462 g/mol. The fourth-order valence-electron chi connectivity index (χ4n) is 4.00. The molecule has 1 saturated heterocycles. The number of amides is 2. The molecule has 0 bridgehead atoms. The Kier molecular flexibility index (Phi) is 5.87. The number of allylic oxidation sites excluding steroid dienone is 2. The summed E-state index contributed by atoms with van der Waals surface area (Å²) in [4.78, 5) is 51.6. The summed E-state index contributed by atoms with van der Waals surface area (Å²) in [6, 6.07) is 12.9. The third kappa shape index (κ3) is 4.23. The van der Waals surface area contributed by atoms with Crippen LogP contribution >= 0.6 is 15.9 Å². The van der Waals surface area contributed by atoms with E-state index in [4.69, 9.17) is 4.74 Å². The SMILES string of the molecule is CC1=CC[C@H]2C(=O)N(c3cccc(C(=O)OCC(=O)c4ccc(Br)cc4)c3)C(=O)[C@@H]2C1. The molecule has 0 radical (unpaired) electrons. The van der Waals surface area contributed by atoms with Gasteiger partial charge in [-0.15, -0.1) is 0 Å². The van der Waals surface area contributed by atoms with Crippen LogP contribution in [-0.4, -0.2) is 30.2 Å². The monoisotopic (exact) mass is 481 g/mol. The average Bonchev–Trinajstić information content (AvgIpc) is 3.01. The summed E-state index contributed by atoms with van der Waals surface area (Å²) in [5.74, 6) is -2.20. The van der Waals surface area contributed by atoms with Crippen molar-refractivity contribution in [3.63, 3.8) is 0 Å². The van der Waals surface area contributed by atoms with E-state index in [1.807, 2.05) is 13.0 Å². The van der Waals surface area contributed by atoms with Gasteiger partial charge in [0.25, 0.3) is 0 Å². The maximum absolute atomic E-state index is 12.9. The van der Waals surface area contributed by atoms with Crippen LogP contribution in [0.5, 0.6) is 0 Å². The second-order valence-electron chi connectivity index (χ2n) is 7.77. The number of carbonyl (C=O) groups excluding carboxylic acids is 4. The number of imide groups is 1. The predicted octanol–water partition coefficient (Wildman–Crippen LogP) is 4.33. The number of Topliss-reactive ketones (excluding diaryl/α,β-unsaturated/α-hetero) is 1. The summed E-state index contributed by atoms with van der Waals surface area (Å²) in [5, 5.41) is 0. The summed E-state index contributed by atoms with van der Waals surface area (Å²) in [6.07, 6.45) is 3.13. The lowest BCUT2D eigenvalue weighted by molar-refractivity contribution is -0.122. The first-order valence-corrected chi connectivity index (χ1v) is 10.7. The zero-order chi connectivity index (χ0) is 22.1. The molecule has 2 atom stereocenters. The number of benzene rings is 2. The highest BCUT2D eigenvalue weighted by molar-refractivity contribution is 9.10. The number of anilines is 1. The lowest BCUT2D eigenvalue weighted by Crippen LogP contribution is -2.31. The summed E-state index contributed by atoms with van der Waals surface area (Å²) in [7, 11) is 0. The Bertz CT molecular complexity index is 1110. The van der Waals surface area contributed by atoms with Gasteiger partial charge in [-0.2, -0.15) is 0 Å². The molecule has 7 heteroatoms. The molecule has 158 valence electrons. The van der Waals surface area contributed by atoms with Crippen LogP contribution in [0.1, 0.15) is 40.5 Å². The lowest BCUT2D eigenvalue weighted by atomic mass is 9.82. The maximum atomic E-state index is 12.9. The van der Waals surface area contributed by atoms with Crippen LogP contribution in [0.2, 0.25) is 0 Å². The van der Waals surface area contributed by atoms with Gasteiger partial charge in [0.05, 0.1) is 23.1 Å². The second-order valence-corrected chi connectivity index (χ2v) is 8.69. The number of rotatable bonds is 5. The summed E-state index contributed by atoms with van der Waals surface area (Å²) < 4.78 is 6.00. The van der Waals surface area contributed by atoms with E-state index in [9.17, 15) is 19.2 Å². The minimum Gasteiger partial charge on any atom is -0.454 e. The largest absolute Gasteiger partial charge is 0.454 e. The highest BCUT2D eigenvalue weighted by atomic mass is 79.9. The van der Waals surface area contributed by atoms with Crippen LogP contribution < -0.4 is 4.90 Å². The van der Waals surface area contributed by atoms with Crippen LogP contribution in [-0.2, 0) is 14.3 Å². The molecule has 1 aliphatic carbocycles. The van der Waals surface area contributed by atoms with Crippen molar-refractivity contribution in [3.05, 3.63) is 75.8 Å². The molecule has 1 heterocycles. The maximum Gasteiger partial charge on any atom is 0.338 e. The van der Waals surface area contributed by atoms with Gasteiger partial charge in [0.2, 0.25) is 11.8 Å². The van der Waals surface area contributed by atoms with Gasteiger partial charge in [0, 0.05) is 10.0 Å².